The Hall–Kier alpha value is -2.60. The van der Waals surface area contributed by atoms with Crippen molar-refractivity contribution in [3.63, 3.8) is 0 Å². The Morgan fingerprint density at radius 1 is 1.04 bits per heavy atom. The van der Waals surface area contributed by atoms with Crippen molar-refractivity contribution < 1.29 is 19.0 Å². The molecule has 0 bridgehead atoms. The predicted molar refractivity (Wildman–Crippen MR) is 115 cm³/mol. The summed E-state index contributed by atoms with van der Waals surface area (Å²) < 4.78 is 15.9. The van der Waals surface area contributed by atoms with E-state index < -0.39 is 0 Å². The molecule has 150 valence electrons. The van der Waals surface area contributed by atoms with Gasteiger partial charge in [-0.15, -0.1) is 11.8 Å². The summed E-state index contributed by atoms with van der Waals surface area (Å²) in [7, 11) is 3.25. The first-order valence-electron chi connectivity index (χ1n) is 9.10. The van der Waals surface area contributed by atoms with E-state index in [1.807, 2.05) is 61.7 Å². The highest BCUT2D eigenvalue weighted by molar-refractivity contribution is 8.02. The smallest absolute Gasteiger partial charge is 0.341 e. The van der Waals surface area contributed by atoms with Gasteiger partial charge in [0.15, 0.2) is 11.5 Å². The topological polar surface area (TPSA) is 56.8 Å². The second-order valence-corrected chi connectivity index (χ2v) is 6.68. The third-order valence-corrected chi connectivity index (χ3v) is 4.88. The van der Waals surface area contributed by atoms with Crippen LogP contribution < -0.4 is 14.8 Å². The van der Waals surface area contributed by atoms with E-state index in [4.69, 9.17) is 14.2 Å². The molecule has 0 saturated heterocycles. The van der Waals surface area contributed by atoms with Crippen LogP contribution >= 0.6 is 11.8 Å². The number of carbonyl (C=O) groups is 1. The fourth-order valence-electron chi connectivity index (χ4n) is 2.77. The SMILES string of the molecule is CCOC(=O)/C(=C(/NCCc1ccc(OC)c(OC)c1)SC)c1ccccc1. The minimum atomic E-state index is -0.323. The van der Waals surface area contributed by atoms with Gasteiger partial charge in [0.1, 0.15) is 0 Å². The van der Waals surface area contributed by atoms with Gasteiger partial charge in [0, 0.05) is 6.54 Å². The molecule has 6 heteroatoms. The van der Waals surface area contributed by atoms with E-state index in [-0.39, 0.29) is 5.97 Å². The molecule has 2 aromatic carbocycles. The average Bonchev–Trinajstić information content (AvgIpc) is 2.73. The van der Waals surface area contributed by atoms with Crippen LogP contribution in [0.2, 0.25) is 0 Å². The maximum Gasteiger partial charge on any atom is 0.341 e. The van der Waals surface area contributed by atoms with Gasteiger partial charge in [0.05, 0.1) is 31.4 Å². The van der Waals surface area contributed by atoms with Gasteiger partial charge in [-0.3, -0.25) is 0 Å². The summed E-state index contributed by atoms with van der Waals surface area (Å²) in [6, 6.07) is 15.5. The molecule has 0 spiro atoms. The zero-order valence-corrected chi connectivity index (χ0v) is 17.6. The largest absolute Gasteiger partial charge is 0.493 e. The normalized spacial score (nSPS) is 11.4. The lowest BCUT2D eigenvalue weighted by atomic mass is 10.1. The molecule has 0 aliphatic heterocycles. The monoisotopic (exact) mass is 401 g/mol. The molecule has 0 radical (unpaired) electrons. The first-order chi connectivity index (χ1) is 13.6. The highest BCUT2D eigenvalue weighted by atomic mass is 32.2. The number of hydrogen-bond acceptors (Lipinski definition) is 6. The van der Waals surface area contributed by atoms with Crippen LogP contribution in [0.1, 0.15) is 18.1 Å². The van der Waals surface area contributed by atoms with Crippen LogP contribution in [0, 0.1) is 0 Å². The molecule has 0 fully saturated rings. The molecule has 0 aliphatic carbocycles. The molecule has 1 N–H and O–H groups in total. The fraction of sp³-hybridized carbons (Fsp3) is 0.318. The van der Waals surface area contributed by atoms with Crippen molar-refractivity contribution in [2.75, 3.05) is 33.6 Å². The summed E-state index contributed by atoms with van der Waals surface area (Å²) >= 11 is 1.50. The van der Waals surface area contributed by atoms with Crippen LogP contribution in [0.15, 0.2) is 53.6 Å². The quantitative estimate of drug-likeness (QED) is 0.477. The first-order valence-corrected chi connectivity index (χ1v) is 10.3. The number of thioether (sulfide) groups is 1. The summed E-state index contributed by atoms with van der Waals surface area (Å²) in [6.45, 7) is 2.81. The number of ether oxygens (including phenoxy) is 3. The van der Waals surface area contributed by atoms with Crippen molar-refractivity contribution in [2.24, 2.45) is 0 Å². The molecular weight excluding hydrogens is 374 g/mol. The van der Waals surface area contributed by atoms with Gasteiger partial charge >= 0.3 is 5.97 Å². The molecule has 0 heterocycles. The van der Waals surface area contributed by atoms with Gasteiger partial charge in [-0.2, -0.15) is 0 Å². The molecule has 0 saturated carbocycles. The van der Waals surface area contributed by atoms with Crippen molar-refractivity contribution in [1.82, 2.24) is 5.32 Å². The second kappa shape index (κ2) is 11.3. The Balaban J connectivity index is 2.19. The Labute approximate surface area is 171 Å². The Morgan fingerprint density at radius 3 is 2.36 bits per heavy atom. The minimum absolute atomic E-state index is 0.323. The van der Waals surface area contributed by atoms with Crippen molar-refractivity contribution >= 4 is 23.3 Å². The van der Waals surface area contributed by atoms with Crippen molar-refractivity contribution in [3.05, 3.63) is 64.7 Å². The van der Waals surface area contributed by atoms with E-state index in [0.29, 0.717) is 30.2 Å². The number of benzene rings is 2. The lowest BCUT2D eigenvalue weighted by Gasteiger charge is -2.15. The fourth-order valence-corrected chi connectivity index (χ4v) is 3.42. The van der Waals surface area contributed by atoms with Crippen LogP contribution in [0.25, 0.3) is 5.57 Å². The molecule has 5 nitrogen and oxygen atoms in total. The van der Waals surface area contributed by atoms with Crippen molar-refractivity contribution in [3.8, 4) is 11.5 Å². The predicted octanol–water partition coefficient (Wildman–Crippen LogP) is 4.13. The molecule has 0 aromatic heterocycles. The van der Waals surface area contributed by atoms with Gasteiger partial charge in [0.25, 0.3) is 0 Å². The Bertz CT molecular complexity index is 805. The lowest BCUT2D eigenvalue weighted by Crippen LogP contribution is -2.20. The highest BCUT2D eigenvalue weighted by Gasteiger charge is 2.18. The third-order valence-electron chi connectivity index (χ3n) is 4.12. The Kier molecular flexibility index (Phi) is 8.75. The summed E-state index contributed by atoms with van der Waals surface area (Å²) in [5.74, 6) is 1.09. The highest BCUT2D eigenvalue weighted by Crippen LogP contribution is 2.28. The van der Waals surface area contributed by atoms with Crippen LogP contribution in [-0.4, -0.2) is 39.6 Å². The number of methoxy groups -OCH3 is 2. The average molecular weight is 402 g/mol. The van der Waals surface area contributed by atoms with E-state index in [2.05, 4.69) is 5.32 Å². The third kappa shape index (κ3) is 5.70. The molecule has 0 unspecified atom stereocenters. The second-order valence-electron chi connectivity index (χ2n) is 5.86. The zero-order valence-electron chi connectivity index (χ0n) is 16.8. The van der Waals surface area contributed by atoms with E-state index in [9.17, 15) is 4.79 Å². The number of carbonyl (C=O) groups excluding carboxylic acids is 1. The lowest BCUT2D eigenvalue weighted by molar-refractivity contribution is -0.136. The number of esters is 1. The summed E-state index contributed by atoms with van der Waals surface area (Å²) in [6.07, 6.45) is 2.72. The van der Waals surface area contributed by atoms with Crippen molar-refractivity contribution in [1.29, 1.82) is 0 Å². The maximum absolute atomic E-state index is 12.6. The van der Waals surface area contributed by atoms with Gasteiger partial charge in [-0.25, -0.2) is 4.79 Å². The van der Waals surface area contributed by atoms with E-state index in [1.165, 1.54) is 11.8 Å². The molecule has 0 amide bonds. The van der Waals surface area contributed by atoms with E-state index >= 15 is 0 Å². The van der Waals surface area contributed by atoms with E-state index in [1.54, 1.807) is 14.2 Å². The molecular formula is C22H27NO4S. The van der Waals surface area contributed by atoms with E-state index in [0.717, 1.165) is 22.6 Å². The summed E-state index contributed by atoms with van der Waals surface area (Å²) in [5, 5.41) is 4.19. The van der Waals surface area contributed by atoms with Crippen LogP contribution in [-0.2, 0) is 16.0 Å². The van der Waals surface area contributed by atoms with Crippen molar-refractivity contribution in [2.45, 2.75) is 13.3 Å². The molecule has 28 heavy (non-hydrogen) atoms. The first kappa shape index (κ1) is 21.7. The summed E-state index contributed by atoms with van der Waals surface area (Å²) in [5.41, 5.74) is 2.51. The minimum Gasteiger partial charge on any atom is -0.493 e. The summed E-state index contributed by atoms with van der Waals surface area (Å²) in [4.78, 5) is 12.6. The van der Waals surface area contributed by atoms with Crippen LogP contribution in [0.3, 0.4) is 0 Å². The molecule has 2 rings (SSSR count). The van der Waals surface area contributed by atoms with Crippen LogP contribution in [0.5, 0.6) is 11.5 Å². The molecule has 2 aromatic rings. The zero-order chi connectivity index (χ0) is 20.4. The number of nitrogens with one attached hydrogen (secondary N) is 1. The van der Waals surface area contributed by atoms with Gasteiger partial charge < -0.3 is 19.5 Å². The van der Waals surface area contributed by atoms with Crippen LogP contribution in [0.4, 0.5) is 0 Å². The molecule has 0 atom stereocenters. The molecule has 0 aliphatic rings. The standard InChI is InChI=1S/C22H27NO4S/c1-5-27-22(24)20(17-9-7-6-8-10-17)21(28-4)23-14-13-16-11-12-18(25-2)19(15-16)26-3/h6-12,15,23H,5,13-14H2,1-4H3/b21-20-. The number of rotatable bonds is 10. The van der Waals surface area contributed by atoms with Gasteiger partial charge in [-0.05, 0) is 42.9 Å². The number of hydrogen-bond donors (Lipinski definition) is 1. The Morgan fingerprint density at radius 2 is 1.75 bits per heavy atom. The van der Waals surface area contributed by atoms with Gasteiger partial charge in [-0.1, -0.05) is 36.4 Å². The van der Waals surface area contributed by atoms with Gasteiger partial charge in [0.2, 0.25) is 0 Å². The maximum atomic E-state index is 12.6.